The first-order chi connectivity index (χ1) is 18.2. The fourth-order valence-electron chi connectivity index (χ4n) is 4.08. The van der Waals surface area contributed by atoms with Gasteiger partial charge in [-0.05, 0) is 61.0 Å². The summed E-state index contributed by atoms with van der Waals surface area (Å²) in [4.78, 5) is 20.9. The third-order valence-electron chi connectivity index (χ3n) is 5.86. The molecule has 3 aromatic carbocycles. The van der Waals surface area contributed by atoms with E-state index in [-0.39, 0.29) is 27.7 Å². The predicted molar refractivity (Wildman–Crippen MR) is 139 cm³/mol. The Morgan fingerprint density at radius 1 is 0.947 bits per heavy atom. The third-order valence-corrected chi connectivity index (χ3v) is 7.21. The van der Waals surface area contributed by atoms with Crippen molar-refractivity contribution >= 4 is 26.7 Å². The van der Waals surface area contributed by atoms with E-state index >= 15 is 4.39 Å². The summed E-state index contributed by atoms with van der Waals surface area (Å²) in [6.45, 7) is 1.64. The van der Waals surface area contributed by atoms with Crippen LogP contribution in [0.1, 0.15) is 5.82 Å². The zero-order valence-electron chi connectivity index (χ0n) is 20.1. The molecule has 5 rings (SSSR count). The van der Waals surface area contributed by atoms with Gasteiger partial charge in [0.25, 0.3) is 15.6 Å². The number of nitrogens with one attached hydrogen (secondary N) is 1. The molecular weight excluding hydrogens is 514 g/mol. The van der Waals surface area contributed by atoms with Gasteiger partial charge < -0.3 is 4.74 Å². The number of benzene rings is 3. The zero-order chi connectivity index (χ0) is 27.0. The Bertz CT molecular complexity index is 1860. The van der Waals surface area contributed by atoms with Gasteiger partial charge in [-0.15, -0.1) is 0 Å². The summed E-state index contributed by atoms with van der Waals surface area (Å²) in [5, 5.41) is 0.413. The van der Waals surface area contributed by atoms with E-state index in [2.05, 4.69) is 14.7 Å². The maximum absolute atomic E-state index is 15.3. The van der Waals surface area contributed by atoms with Gasteiger partial charge in [0.15, 0.2) is 0 Å². The Morgan fingerprint density at radius 2 is 1.71 bits per heavy atom. The van der Waals surface area contributed by atoms with E-state index in [9.17, 15) is 17.6 Å². The molecule has 11 heteroatoms. The van der Waals surface area contributed by atoms with Crippen molar-refractivity contribution in [2.75, 3.05) is 11.8 Å². The van der Waals surface area contributed by atoms with Crippen molar-refractivity contribution in [1.29, 1.82) is 0 Å². The van der Waals surface area contributed by atoms with E-state index in [1.807, 2.05) is 0 Å². The highest BCUT2D eigenvalue weighted by atomic mass is 32.2. The van der Waals surface area contributed by atoms with Gasteiger partial charge in [0.1, 0.15) is 29.0 Å². The van der Waals surface area contributed by atoms with E-state index in [1.54, 1.807) is 6.92 Å². The standard InChI is InChI=1S/C27H20F2N4O4S/c1-16-30-12-11-26(31-16)32-38(35,36)20-8-9-23-18(13-20)5-10-27(34)33(23)24-15-22(29)21(14-25(24)37-2)17-3-6-19(28)7-4-17/h3-15H,1-2H3,(H,30,31,32). The Labute approximate surface area is 216 Å². The number of ether oxygens (including phenoxy) is 1. The molecule has 0 atom stereocenters. The number of fused-ring (bicyclic) bond motifs is 1. The summed E-state index contributed by atoms with van der Waals surface area (Å²) in [7, 11) is -2.63. The number of rotatable bonds is 6. The van der Waals surface area contributed by atoms with Gasteiger partial charge in [0.05, 0.1) is 23.2 Å². The number of anilines is 1. The second-order valence-electron chi connectivity index (χ2n) is 8.33. The summed E-state index contributed by atoms with van der Waals surface area (Å²) in [6.07, 6.45) is 1.44. The molecule has 2 heterocycles. The van der Waals surface area contributed by atoms with Crippen LogP contribution in [0.3, 0.4) is 0 Å². The number of aryl methyl sites for hydroxylation is 1. The Hall–Kier alpha value is -4.64. The average Bonchev–Trinajstić information content (AvgIpc) is 2.88. The predicted octanol–water partition coefficient (Wildman–Crippen LogP) is 4.84. The van der Waals surface area contributed by atoms with Crippen molar-refractivity contribution in [3.8, 4) is 22.6 Å². The van der Waals surface area contributed by atoms with Crippen molar-refractivity contribution in [2.24, 2.45) is 0 Å². The summed E-state index contributed by atoms with van der Waals surface area (Å²) < 4.78 is 63.7. The minimum absolute atomic E-state index is 0.0590. The molecule has 0 saturated heterocycles. The van der Waals surface area contributed by atoms with E-state index in [1.165, 1.54) is 84.6 Å². The van der Waals surface area contributed by atoms with Crippen molar-refractivity contribution in [3.63, 3.8) is 0 Å². The molecule has 0 aliphatic rings. The van der Waals surface area contributed by atoms with Crippen molar-refractivity contribution in [2.45, 2.75) is 11.8 Å². The van der Waals surface area contributed by atoms with Crippen LogP contribution in [0.15, 0.2) is 88.7 Å². The number of aromatic nitrogens is 3. The summed E-state index contributed by atoms with van der Waals surface area (Å²) in [6, 6.07) is 16.3. The number of halogens is 2. The SMILES string of the molecule is COc1cc(-c2ccc(F)cc2)c(F)cc1-n1c(=O)ccc2cc(S(=O)(=O)Nc3ccnc(C)n3)ccc21. The molecular formula is C27H20F2N4O4S. The molecule has 0 fully saturated rings. The summed E-state index contributed by atoms with van der Waals surface area (Å²) in [5.41, 5.74) is 0.576. The first-order valence-electron chi connectivity index (χ1n) is 11.3. The second-order valence-corrected chi connectivity index (χ2v) is 10.0. The van der Waals surface area contributed by atoms with Gasteiger partial charge >= 0.3 is 0 Å². The second kappa shape index (κ2) is 9.67. The number of methoxy groups -OCH3 is 1. The number of pyridine rings is 1. The Morgan fingerprint density at radius 3 is 2.42 bits per heavy atom. The van der Waals surface area contributed by atoms with Crippen molar-refractivity contribution in [3.05, 3.63) is 107 Å². The van der Waals surface area contributed by atoms with Gasteiger partial charge in [0, 0.05) is 29.3 Å². The lowest BCUT2D eigenvalue weighted by Gasteiger charge is -2.16. The van der Waals surface area contributed by atoms with E-state index in [0.29, 0.717) is 22.3 Å². The lowest BCUT2D eigenvalue weighted by Crippen LogP contribution is -2.19. The molecule has 0 unspecified atom stereocenters. The van der Waals surface area contributed by atoms with Crippen LogP contribution in [0.2, 0.25) is 0 Å². The van der Waals surface area contributed by atoms with E-state index < -0.39 is 27.2 Å². The maximum atomic E-state index is 15.3. The smallest absolute Gasteiger partial charge is 0.263 e. The molecule has 0 bridgehead atoms. The molecule has 0 aliphatic carbocycles. The van der Waals surface area contributed by atoms with Crippen molar-refractivity contribution in [1.82, 2.24) is 14.5 Å². The molecule has 8 nitrogen and oxygen atoms in total. The molecule has 38 heavy (non-hydrogen) atoms. The largest absolute Gasteiger partial charge is 0.495 e. The first kappa shape index (κ1) is 25.0. The molecule has 2 aromatic heterocycles. The molecule has 0 amide bonds. The highest BCUT2D eigenvalue weighted by Gasteiger charge is 2.19. The average molecular weight is 535 g/mol. The van der Waals surface area contributed by atoms with Gasteiger partial charge in [0.2, 0.25) is 0 Å². The fraction of sp³-hybridized carbons (Fsp3) is 0.0741. The lowest BCUT2D eigenvalue weighted by molar-refractivity contribution is 0.412. The molecule has 0 aliphatic heterocycles. The van der Waals surface area contributed by atoms with Crippen LogP contribution >= 0.6 is 0 Å². The molecule has 1 N–H and O–H groups in total. The first-order valence-corrected chi connectivity index (χ1v) is 12.8. The van der Waals surface area contributed by atoms with Crippen LogP contribution < -0.4 is 15.0 Å². The zero-order valence-corrected chi connectivity index (χ0v) is 21.0. The summed E-state index contributed by atoms with van der Waals surface area (Å²) in [5.74, 6) is -0.398. The van der Waals surface area contributed by atoms with Gasteiger partial charge in [-0.2, -0.15) is 0 Å². The fourth-order valence-corrected chi connectivity index (χ4v) is 5.12. The lowest BCUT2D eigenvalue weighted by atomic mass is 10.0. The van der Waals surface area contributed by atoms with Crippen molar-refractivity contribution < 1.29 is 21.9 Å². The molecule has 0 saturated carbocycles. The van der Waals surface area contributed by atoms with Crippen LogP contribution in [0, 0.1) is 18.6 Å². The van der Waals surface area contributed by atoms with Gasteiger partial charge in [-0.1, -0.05) is 12.1 Å². The number of nitrogens with zero attached hydrogens (tertiary/aromatic N) is 3. The van der Waals surface area contributed by atoms with Gasteiger partial charge in [-0.3, -0.25) is 14.1 Å². The topological polar surface area (TPSA) is 103 Å². The minimum Gasteiger partial charge on any atom is -0.495 e. The van der Waals surface area contributed by atoms with Crippen LogP contribution in [-0.2, 0) is 10.0 Å². The quantitative estimate of drug-likeness (QED) is 0.334. The number of hydrogen-bond acceptors (Lipinski definition) is 6. The molecule has 192 valence electrons. The Balaban J connectivity index is 1.61. The highest BCUT2D eigenvalue weighted by Crippen LogP contribution is 2.33. The van der Waals surface area contributed by atoms with Crippen LogP contribution in [0.5, 0.6) is 5.75 Å². The Kier molecular flexibility index (Phi) is 6.37. The van der Waals surface area contributed by atoms with Crippen LogP contribution in [0.25, 0.3) is 27.7 Å². The van der Waals surface area contributed by atoms with E-state index in [4.69, 9.17) is 4.74 Å². The van der Waals surface area contributed by atoms with E-state index in [0.717, 1.165) is 6.07 Å². The maximum Gasteiger partial charge on any atom is 0.263 e. The van der Waals surface area contributed by atoms with Crippen LogP contribution in [-0.4, -0.2) is 30.1 Å². The monoisotopic (exact) mass is 534 g/mol. The van der Waals surface area contributed by atoms with Gasteiger partial charge in [-0.25, -0.2) is 27.2 Å². The normalized spacial score (nSPS) is 11.5. The van der Waals surface area contributed by atoms with Crippen LogP contribution in [0.4, 0.5) is 14.6 Å². The minimum atomic E-state index is -4.01. The number of hydrogen-bond donors (Lipinski definition) is 1. The summed E-state index contributed by atoms with van der Waals surface area (Å²) >= 11 is 0. The third kappa shape index (κ3) is 4.71. The molecule has 5 aromatic rings. The molecule has 0 radical (unpaired) electrons. The molecule has 0 spiro atoms. The number of sulfonamides is 1. The highest BCUT2D eigenvalue weighted by molar-refractivity contribution is 7.92.